The third-order valence-electron chi connectivity index (χ3n) is 6.58. The van der Waals surface area contributed by atoms with Gasteiger partial charge in [0.05, 0.1) is 18.4 Å². The Labute approximate surface area is 155 Å². The van der Waals surface area contributed by atoms with Crippen LogP contribution in [0.4, 0.5) is 0 Å². The molecule has 2 aliphatic rings. The molecule has 0 spiro atoms. The number of hydrogen-bond acceptors (Lipinski definition) is 3. The summed E-state index contributed by atoms with van der Waals surface area (Å²) >= 11 is 0. The van der Waals surface area contributed by atoms with Gasteiger partial charge in [-0.1, -0.05) is 18.6 Å². The zero-order valence-electron chi connectivity index (χ0n) is 15.8. The van der Waals surface area contributed by atoms with E-state index >= 15 is 0 Å². The van der Waals surface area contributed by atoms with Crippen LogP contribution < -0.4 is 10.1 Å². The molecular weight excluding hydrogens is 330 g/mol. The number of nitrogens with one attached hydrogen (secondary N) is 1. The lowest BCUT2D eigenvalue weighted by Crippen LogP contribution is -2.51. The van der Waals surface area contributed by atoms with Gasteiger partial charge >= 0.3 is 5.97 Å². The maximum absolute atomic E-state index is 13.3. The first-order chi connectivity index (χ1) is 12.4. The molecule has 2 aliphatic carbocycles. The van der Waals surface area contributed by atoms with Crippen molar-refractivity contribution in [1.29, 1.82) is 0 Å². The van der Waals surface area contributed by atoms with Gasteiger partial charge < -0.3 is 15.2 Å². The van der Waals surface area contributed by atoms with Crippen molar-refractivity contribution in [2.24, 2.45) is 23.2 Å². The molecule has 142 valence electrons. The van der Waals surface area contributed by atoms with Crippen LogP contribution in [0.3, 0.4) is 0 Å². The summed E-state index contributed by atoms with van der Waals surface area (Å²) in [5.74, 6) is 0.329. The first-order valence-corrected chi connectivity index (χ1v) is 9.52. The quantitative estimate of drug-likeness (QED) is 0.783. The Bertz CT molecular complexity index is 688. The normalized spacial score (nSPS) is 29.2. The molecule has 2 bridgehead atoms. The Morgan fingerprint density at radius 2 is 2.12 bits per heavy atom. The number of amides is 1. The minimum absolute atomic E-state index is 0.0214. The standard InChI is InChI=1S/C21H29NO4/c1-13(19(23)24)14(2)22-20(25)21(12-16-7-8-17(21)9-16)11-15-5-4-6-18(10-15)26-3/h4-6,10,13-14,16-17H,7-9,11-12H2,1-3H3,(H,22,25)(H,23,24). The smallest absolute Gasteiger partial charge is 0.308 e. The summed E-state index contributed by atoms with van der Waals surface area (Å²) < 4.78 is 5.33. The van der Waals surface area contributed by atoms with Gasteiger partial charge in [-0.25, -0.2) is 0 Å². The lowest BCUT2D eigenvalue weighted by atomic mass is 9.68. The summed E-state index contributed by atoms with van der Waals surface area (Å²) in [6.45, 7) is 3.42. The number of aliphatic carboxylic acids is 1. The van der Waals surface area contributed by atoms with Crippen LogP contribution in [0.5, 0.6) is 5.75 Å². The monoisotopic (exact) mass is 359 g/mol. The molecule has 3 rings (SSSR count). The Hall–Kier alpha value is -2.04. The molecule has 1 aromatic carbocycles. The van der Waals surface area contributed by atoms with Crippen molar-refractivity contribution < 1.29 is 19.4 Å². The van der Waals surface area contributed by atoms with E-state index in [1.165, 1.54) is 6.42 Å². The number of rotatable bonds is 7. The van der Waals surface area contributed by atoms with Crippen molar-refractivity contribution in [2.45, 2.75) is 52.0 Å². The molecule has 5 heteroatoms. The minimum Gasteiger partial charge on any atom is -0.497 e. The highest BCUT2D eigenvalue weighted by Crippen LogP contribution is 2.57. The molecule has 1 amide bonds. The molecule has 0 aromatic heterocycles. The van der Waals surface area contributed by atoms with Gasteiger partial charge in [-0.05, 0) is 69.1 Å². The number of hydrogen-bond donors (Lipinski definition) is 2. The Morgan fingerprint density at radius 1 is 1.35 bits per heavy atom. The molecule has 0 aliphatic heterocycles. The number of carbonyl (C=O) groups excluding carboxylic acids is 1. The van der Waals surface area contributed by atoms with Gasteiger partial charge in [0.2, 0.25) is 5.91 Å². The lowest BCUT2D eigenvalue weighted by molar-refractivity contribution is -0.143. The van der Waals surface area contributed by atoms with Gasteiger partial charge in [0, 0.05) is 6.04 Å². The predicted molar refractivity (Wildman–Crippen MR) is 99.0 cm³/mol. The van der Waals surface area contributed by atoms with E-state index < -0.39 is 17.3 Å². The molecule has 5 nitrogen and oxygen atoms in total. The molecule has 26 heavy (non-hydrogen) atoms. The van der Waals surface area contributed by atoms with Crippen molar-refractivity contribution >= 4 is 11.9 Å². The summed E-state index contributed by atoms with van der Waals surface area (Å²) in [4.78, 5) is 24.6. The zero-order valence-corrected chi connectivity index (χ0v) is 15.8. The fraction of sp³-hybridized carbons (Fsp3) is 0.619. The molecule has 2 saturated carbocycles. The number of carbonyl (C=O) groups is 2. The third-order valence-corrected chi connectivity index (χ3v) is 6.58. The van der Waals surface area contributed by atoms with E-state index in [9.17, 15) is 14.7 Å². The first kappa shape index (κ1) is 18.7. The second-order valence-electron chi connectivity index (χ2n) is 8.15. The van der Waals surface area contributed by atoms with Crippen LogP contribution >= 0.6 is 0 Å². The SMILES string of the molecule is COc1cccc(CC2(C(=O)NC(C)C(C)C(=O)O)CC3CCC2C3)c1. The highest BCUT2D eigenvalue weighted by molar-refractivity contribution is 5.85. The summed E-state index contributed by atoms with van der Waals surface area (Å²) in [5.41, 5.74) is 0.674. The fourth-order valence-electron chi connectivity index (χ4n) is 4.85. The van der Waals surface area contributed by atoms with Gasteiger partial charge in [0.15, 0.2) is 0 Å². The molecule has 5 unspecified atom stereocenters. The Kier molecular flexibility index (Phi) is 5.26. The number of carboxylic acid groups (broad SMARTS) is 1. The predicted octanol–water partition coefficient (Wildman–Crippen LogP) is 3.27. The van der Waals surface area contributed by atoms with Gasteiger partial charge in [-0.3, -0.25) is 9.59 Å². The van der Waals surface area contributed by atoms with Gasteiger partial charge in [-0.15, -0.1) is 0 Å². The maximum atomic E-state index is 13.3. The van der Waals surface area contributed by atoms with Crippen LogP contribution in [-0.2, 0) is 16.0 Å². The van der Waals surface area contributed by atoms with Gasteiger partial charge in [0.1, 0.15) is 5.75 Å². The van der Waals surface area contributed by atoms with E-state index in [1.807, 2.05) is 24.3 Å². The second-order valence-corrected chi connectivity index (χ2v) is 8.15. The lowest BCUT2D eigenvalue weighted by Gasteiger charge is -2.38. The van der Waals surface area contributed by atoms with E-state index in [1.54, 1.807) is 21.0 Å². The highest BCUT2D eigenvalue weighted by Gasteiger charge is 2.55. The largest absolute Gasteiger partial charge is 0.497 e. The van der Waals surface area contributed by atoms with Crippen molar-refractivity contribution in [1.82, 2.24) is 5.32 Å². The van der Waals surface area contributed by atoms with Crippen LogP contribution in [0.2, 0.25) is 0 Å². The molecule has 0 radical (unpaired) electrons. The Balaban J connectivity index is 1.83. The van der Waals surface area contributed by atoms with Gasteiger partial charge in [0.25, 0.3) is 0 Å². The fourth-order valence-corrected chi connectivity index (χ4v) is 4.85. The number of ether oxygens (including phenoxy) is 1. The highest BCUT2D eigenvalue weighted by atomic mass is 16.5. The number of methoxy groups -OCH3 is 1. The van der Waals surface area contributed by atoms with E-state index in [0.29, 0.717) is 18.3 Å². The minimum atomic E-state index is -0.882. The van der Waals surface area contributed by atoms with Crippen molar-refractivity contribution in [2.75, 3.05) is 7.11 Å². The van der Waals surface area contributed by atoms with E-state index in [-0.39, 0.29) is 11.9 Å². The third kappa shape index (κ3) is 3.44. The molecule has 5 atom stereocenters. The van der Waals surface area contributed by atoms with Crippen molar-refractivity contribution in [3.8, 4) is 5.75 Å². The van der Waals surface area contributed by atoms with Crippen molar-refractivity contribution in [3.63, 3.8) is 0 Å². The van der Waals surface area contributed by atoms with E-state index in [2.05, 4.69) is 5.32 Å². The summed E-state index contributed by atoms with van der Waals surface area (Å²) in [5, 5.41) is 12.3. The molecular formula is C21H29NO4. The number of benzene rings is 1. The molecule has 2 fully saturated rings. The topological polar surface area (TPSA) is 75.6 Å². The molecule has 2 N–H and O–H groups in total. The van der Waals surface area contributed by atoms with Crippen LogP contribution in [0.1, 0.15) is 45.1 Å². The van der Waals surface area contributed by atoms with Crippen LogP contribution in [0, 0.1) is 23.2 Å². The maximum Gasteiger partial charge on any atom is 0.308 e. The van der Waals surface area contributed by atoms with Crippen LogP contribution in [0.25, 0.3) is 0 Å². The van der Waals surface area contributed by atoms with E-state index in [4.69, 9.17) is 4.74 Å². The van der Waals surface area contributed by atoms with Crippen LogP contribution in [-0.4, -0.2) is 30.1 Å². The molecule has 0 heterocycles. The first-order valence-electron chi connectivity index (χ1n) is 9.52. The van der Waals surface area contributed by atoms with Crippen molar-refractivity contribution in [3.05, 3.63) is 29.8 Å². The molecule has 0 saturated heterocycles. The average molecular weight is 359 g/mol. The van der Waals surface area contributed by atoms with Crippen LogP contribution in [0.15, 0.2) is 24.3 Å². The average Bonchev–Trinajstić information content (AvgIpc) is 3.22. The molecule has 1 aromatic rings. The number of fused-ring (bicyclic) bond motifs is 2. The Morgan fingerprint density at radius 3 is 2.69 bits per heavy atom. The van der Waals surface area contributed by atoms with E-state index in [0.717, 1.165) is 30.6 Å². The number of carboxylic acids is 1. The summed E-state index contributed by atoms with van der Waals surface area (Å²) in [6, 6.07) is 7.54. The summed E-state index contributed by atoms with van der Waals surface area (Å²) in [6.07, 6.45) is 4.99. The summed E-state index contributed by atoms with van der Waals surface area (Å²) in [7, 11) is 1.65. The van der Waals surface area contributed by atoms with Gasteiger partial charge in [-0.2, -0.15) is 0 Å². The second kappa shape index (κ2) is 7.29. The zero-order chi connectivity index (χ0) is 18.9.